The molecule has 0 spiro atoms. The molecule has 1 aliphatic carbocycles. The molecule has 0 bridgehead atoms. The highest BCUT2D eigenvalue weighted by atomic mass is 32.1. The highest BCUT2D eigenvalue weighted by Gasteiger charge is 2.38. The fourth-order valence-electron chi connectivity index (χ4n) is 8.69. The van der Waals surface area contributed by atoms with Crippen molar-refractivity contribution in [3.63, 3.8) is 0 Å². The summed E-state index contributed by atoms with van der Waals surface area (Å²) in [5, 5.41) is 2.57. The van der Waals surface area contributed by atoms with Gasteiger partial charge in [0, 0.05) is 36.7 Å². The Hall–Kier alpha value is -6.22. The lowest BCUT2D eigenvalue weighted by atomic mass is 9.82. The van der Waals surface area contributed by atoms with E-state index >= 15 is 0 Å². The lowest BCUT2D eigenvalue weighted by molar-refractivity contribution is 0.660. The van der Waals surface area contributed by atoms with Gasteiger partial charge >= 0.3 is 0 Å². The molecule has 0 N–H and O–H groups in total. The van der Waals surface area contributed by atoms with Gasteiger partial charge in [0.05, 0.1) is 17.1 Å². The van der Waals surface area contributed by atoms with Crippen molar-refractivity contribution in [3.8, 4) is 44.5 Å². The molecule has 1 heterocycles. The van der Waals surface area contributed by atoms with Gasteiger partial charge in [0.15, 0.2) is 0 Å². The summed E-state index contributed by atoms with van der Waals surface area (Å²) in [6.45, 7) is 4.74. The smallest absolute Gasteiger partial charge is 0.0555 e. The van der Waals surface area contributed by atoms with Crippen LogP contribution in [0.2, 0.25) is 0 Å². The summed E-state index contributed by atoms with van der Waals surface area (Å²) in [4.78, 5) is 2.59. The van der Waals surface area contributed by atoms with Crippen molar-refractivity contribution in [2.45, 2.75) is 19.3 Å². The van der Waals surface area contributed by atoms with Crippen molar-refractivity contribution < 1.29 is 0 Å². The lowest BCUT2D eigenvalue weighted by Gasteiger charge is -2.32. The van der Waals surface area contributed by atoms with Gasteiger partial charge in [-0.3, -0.25) is 0 Å². The molecule has 0 aliphatic heterocycles. The molecule has 2 heteroatoms. The molecule has 0 saturated heterocycles. The van der Waals surface area contributed by atoms with E-state index in [0.29, 0.717) is 0 Å². The minimum Gasteiger partial charge on any atom is -0.309 e. The molecular weight excluding hydrogens is 659 g/mol. The van der Waals surface area contributed by atoms with Gasteiger partial charge in [0.2, 0.25) is 0 Å². The Labute approximate surface area is 315 Å². The lowest BCUT2D eigenvalue weighted by Crippen LogP contribution is -2.16. The van der Waals surface area contributed by atoms with Crippen LogP contribution in [0.1, 0.15) is 25.0 Å². The maximum Gasteiger partial charge on any atom is 0.0555 e. The molecule has 10 rings (SSSR count). The van der Waals surface area contributed by atoms with Crippen LogP contribution < -0.4 is 4.90 Å². The number of anilines is 3. The molecule has 53 heavy (non-hydrogen) atoms. The van der Waals surface area contributed by atoms with Crippen LogP contribution in [0.25, 0.3) is 64.7 Å². The second-order valence-corrected chi connectivity index (χ2v) is 15.5. The standard InChI is InChI=1S/C51H37NS/c1-51(2)41-27-13-11-24-39(41)49-42(51)28-16-30-44(49)52(45-31-17-33-47-50(45)40-25-12-14-32-46(40)53-47)43-29-15-26-37(35-20-7-4-8-21-35)48(43)38-23-10-9-22-36(38)34-18-5-3-6-19-34/h3-33H,1-2H3. The van der Waals surface area contributed by atoms with E-state index in [0.717, 1.165) is 5.69 Å². The maximum absolute atomic E-state index is 2.59. The zero-order chi connectivity index (χ0) is 35.5. The Kier molecular flexibility index (Phi) is 7.42. The quantitative estimate of drug-likeness (QED) is 0.167. The summed E-state index contributed by atoms with van der Waals surface area (Å²) in [7, 11) is 0. The van der Waals surface area contributed by atoms with Crippen molar-refractivity contribution >= 4 is 48.6 Å². The maximum atomic E-state index is 2.59. The largest absolute Gasteiger partial charge is 0.309 e. The Balaban J connectivity index is 1.37. The van der Waals surface area contributed by atoms with Gasteiger partial charge in [-0.05, 0) is 74.8 Å². The van der Waals surface area contributed by atoms with Crippen LogP contribution >= 0.6 is 11.3 Å². The van der Waals surface area contributed by atoms with E-state index in [4.69, 9.17) is 0 Å². The number of nitrogens with zero attached hydrogens (tertiary/aromatic N) is 1. The Morgan fingerprint density at radius 3 is 1.66 bits per heavy atom. The second kappa shape index (κ2) is 12.5. The van der Waals surface area contributed by atoms with E-state index in [1.165, 1.54) is 87.2 Å². The van der Waals surface area contributed by atoms with E-state index in [9.17, 15) is 0 Å². The first kappa shape index (κ1) is 31.5. The Morgan fingerprint density at radius 1 is 0.377 bits per heavy atom. The van der Waals surface area contributed by atoms with E-state index in [1.54, 1.807) is 0 Å². The first-order valence-electron chi connectivity index (χ1n) is 18.4. The normalized spacial score (nSPS) is 12.9. The van der Waals surface area contributed by atoms with Crippen LogP contribution in [-0.4, -0.2) is 0 Å². The van der Waals surface area contributed by atoms with Crippen LogP contribution in [0.4, 0.5) is 17.1 Å². The molecule has 0 unspecified atom stereocenters. The summed E-state index contributed by atoms with van der Waals surface area (Å²) in [5.74, 6) is 0. The molecule has 0 radical (unpaired) electrons. The predicted octanol–water partition coefficient (Wildman–Crippen LogP) is 14.8. The fourth-order valence-corrected chi connectivity index (χ4v) is 9.82. The van der Waals surface area contributed by atoms with Gasteiger partial charge in [-0.2, -0.15) is 0 Å². The average molecular weight is 696 g/mol. The summed E-state index contributed by atoms with van der Waals surface area (Å²) in [6.07, 6.45) is 0. The number of thiophene rings is 1. The fraction of sp³-hybridized carbons (Fsp3) is 0.0588. The van der Waals surface area contributed by atoms with Crippen LogP contribution in [0.15, 0.2) is 188 Å². The van der Waals surface area contributed by atoms with Gasteiger partial charge in [-0.25, -0.2) is 0 Å². The monoisotopic (exact) mass is 695 g/mol. The Bertz CT molecular complexity index is 2810. The highest BCUT2D eigenvalue weighted by Crippen LogP contribution is 2.57. The van der Waals surface area contributed by atoms with Crippen molar-refractivity contribution in [2.24, 2.45) is 0 Å². The molecule has 0 amide bonds. The number of rotatable bonds is 6. The van der Waals surface area contributed by atoms with Crippen LogP contribution in [0.5, 0.6) is 0 Å². The zero-order valence-electron chi connectivity index (χ0n) is 29.8. The molecule has 9 aromatic rings. The van der Waals surface area contributed by atoms with Gasteiger partial charge in [-0.1, -0.05) is 172 Å². The molecule has 1 aliphatic rings. The molecule has 252 valence electrons. The van der Waals surface area contributed by atoms with Crippen LogP contribution in [0, 0.1) is 0 Å². The number of benzene rings is 8. The molecule has 1 nitrogen and oxygen atoms in total. The summed E-state index contributed by atoms with van der Waals surface area (Å²) in [6, 6.07) is 69.1. The van der Waals surface area contributed by atoms with Crippen molar-refractivity contribution in [1.82, 2.24) is 0 Å². The third-order valence-electron chi connectivity index (χ3n) is 11.1. The predicted molar refractivity (Wildman–Crippen MR) is 228 cm³/mol. The van der Waals surface area contributed by atoms with E-state index < -0.39 is 0 Å². The van der Waals surface area contributed by atoms with Crippen LogP contribution in [0.3, 0.4) is 0 Å². The van der Waals surface area contributed by atoms with Gasteiger partial charge in [0.25, 0.3) is 0 Å². The third-order valence-corrected chi connectivity index (χ3v) is 12.2. The zero-order valence-corrected chi connectivity index (χ0v) is 30.6. The molecule has 0 fully saturated rings. The Morgan fingerprint density at radius 2 is 0.887 bits per heavy atom. The minimum atomic E-state index is -0.136. The number of fused-ring (bicyclic) bond motifs is 6. The second-order valence-electron chi connectivity index (χ2n) is 14.4. The number of hydrogen-bond acceptors (Lipinski definition) is 2. The van der Waals surface area contributed by atoms with Gasteiger partial charge < -0.3 is 4.90 Å². The topological polar surface area (TPSA) is 3.24 Å². The van der Waals surface area contributed by atoms with Crippen molar-refractivity contribution in [2.75, 3.05) is 4.90 Å². The third kappa shape index (κ3) is 4.98. The minimum absolute atomic E-state index is 0.136. The van der Waals surface area contributed by atoms with Crippen molar-refractivity contribution in [3.05, 3.63) is 199 Å². The highest BCUT2D eigenvalue weighted by molar-refractivity contribution is 7.26. The van der Waals surface area contributed by atoms with E-state index in [1.807, 2.05) is 11.3 Å². The first-order chi connectivity index (χ1) is 26.1. The van der Waals surface area contributed by atoms with Crippen LogP contribution in [-0.2, 0) is 5.41 Å². The SMILES string of the molecule is CC1(C)c2ccccc2-c2c(N(c3cccc(-c4ccccc4)c3-c3ccccc3-c3ccccc3)c3cccc4sc5ccccc5c34)cccc21. The molecule has 1 aromatic heterocycles. The van der Waals surface area contributed by atoms with Gasteiger partial charge in [0.1, 0.15) is 0 Å². The molecule has 0 saturated carbocycles. The molecule has 0 atom stereocenters. The number of hydrogen-bond donors (Lipinski definition) is 0. The summed E-state index contributed by atoms with van der Waals surface area (Å²) in [5.41, 5.74) is 15.9. The molecule has 8 aromatic carbocycles. The van der Waals surface area contributed by atoms with Crippen molar-refractivity contribution in [1.29, 1.82) is 0 Å². The van der Waals surface area contributed by atoms with Gasteiger partial charge in [-0.15, -0.1) is 11.3 Å². The first-order valence-corrected chi connectivity index (χ1v) is 19.2. The summed E-state index contributed by atoms with van der Waals surface area (Å²) < 4.78 is 2.58. The van der Waals surface area contributed by atoms with E-state index in [-0.39, 0.29) is 5.41 Å². The summed E-state index contributed by atoms with van der Waals surface area (Å²) >= 11 is 1.87. The average Bonchev–Trinajstić information content (AvgIpc) is 3.71. The van der Waals surface area contributed by atoms with E-state index in [2.05, 4.69) is 207 Å². The molecular formula is C51H37NS.